The summed E-state index contributed by atoms with van der Waals surface area (Å²) in [5.74, 6) is -2.00. The van der Waals surface area contributed by atoms with Crippen LogP contribution in [-0.2, 0) is 9.59 Å². The second kappa shape index (κ2) is 3.41. The lowest BCUT2D eigenvalue weighted by Crippen LogP contribution is -2.67. The fourth-order valence-corrected chi connectivity index (χ4v) is 6.07. The summed E-state index contributed by atoms with van der Waals surface area (Å²) in [4.78, 5) is 21.7. The number of carbonyl (C=O) groups excluding carboxylic acids is 2. The lowest BCUT2D eigenvalue weighted by molar-refractivity contribution is -0.144. The van der Waals surface area contributed by atoms with E-state index in [0.717, 1.165) is 0 Å². The van der Waals surface area contributed by atoms with Crippen LogP contribution in [-0.4, -0.2) is 26.7 Å². The summed E-state index contributed by atoms with van der Waals surface area (Å²) in [7, 11) is 0. The Labute approximate surface area is 129 Å². The minimum Gasteiger partial charge on any atom is -0.288 e. The molecule has 5 aliphatic rings. The predicted molar refractivity (Wildman–Crippen MR) is 73.9 cm³/mol. The van der Waals surface area contributed by atoms with Gasteiger partial charge in [0.1, 0.15) is 9.75 Å². The lowest BCUT2D eigenvalue weighted by Gasteiger charge is -2.53. The Bertz CT molecular complexity index is 597. The number of ketones is 2. The molecule has 0 radical (unpaired) electrons. The highest BCUT2D eigenvalue weighted by molar-refractivity contribution is 6.66. The minimum atomic E-state index is -1.47. The van der Waals surface area contributed by atoms with E-state index < -0.39 is 21.3 Å². The van der Waals surface area contributed by atoms with Gasteiger partial charge in [-0.2, -0.15) is 0 Å². The Morgan fingerprint density at radius 2 is 1.58 bits per heavy atom. The summed E-state index contributed by atoms with van der Waals surface area (Å²) in [5.41, 5.74) is 0. The van der Waals surface area contributed by atoms with E-state index in [1.165, 1.54) is 6.08 Å². The van der Waals surface area contributed by atoms with Crippen molar-refractivity contribution in [2.75, 3.05) is 0 Å². The van der Waals surface area contributed by atoms with Crippen molar-refractivity contribution in [3.05, 3.63) is 23.3 Å². The number of alkyl halides is 3. The van der Waals surface area contributed by atoms with Crippen molar-refractivity contribution in [1.82, 2.24) is 0 Å². The van der Waals surface area contributed by atoms with E-state index in [9.17, 15) is 9.59 Å². The average Bonchev–Trinajstić information content (AvgIpc) is 2.87. The number of allylic oxidation sites excluding steroid dienone is 4. The van der Waals surface area contributed by atoms with Crippen molar-refractivity contribution < 1.29 is 9.59 Å². The summed E-state index contributed by atoms with van der Waals surface area (Å²) >= 11 is 25.5. The van der Waals surface area contributed by atoms with Crippen molar-refractivity contribution in [2.24, 2.45) is 23.7 Å². The quantitative estimate of drug-likeness (QED) is 0.387. The number of hydrogen-bond acceptors (Lipinski definition) is 2. The molecule has 0 N–H and O–H groups in total. The van der Waals surface area contributed by atoms with Gasteiger partial charge in [0.2, 0.25) is 11.6 Å². The molecule has 6 heteroatoms. The lowest BCUT2D eigenvalue weighted by atomic mass is 9.57. The average molecular weight is 338 g/mol. The van der Waals surface area contributed by atoms with E-state index in [1.54, 1.807) is 0 Å². The van der Waals surface area contributed by atoms with Crippen LogP contribution in [0, 0.1) is 23.7 Å². The Kier molecular flexibility index (Phi) is 2.28. The van der Waals surface area contributed by atoms with Crippen molar-refractivity contribution in [3.8, 4) is 0 Å². The number of rotatable bonds is 0. The number of fused-ring (bicyclic) bond motifs is 3. The topological polar surface area (TPSA) is 34.1 Å². The van der Waals surface area contributed by atoms with Gasteiger partial charge in [0.25, 0.3) is 0 Å². The number of halogens is 4. The first-order chi connectivity index (χ1) is 8.83. The first kappa shape index (κ1) is 12.7. The van der Waals surface area contributed by atoms with Crippen LogP contribution in [0.2, 0.25) is 0 Å². The van der Waals surface area contributed by atoms with Gasteiger partial charge in [-0.15, -0.1) is 34.8 Å². The highest BCUT2D eigenvalue weighted by atomic mass is 35.5. The molecular formula is C13H8Cl4O2. The normalized spacial score (nSPS) is 57.7. The molecule has 100 valence electrons. The van der Waals surface area contributed by atoms with Gasteiger partial charge in [-0.25, -0.2) is 0 Å². The van der Waals surface area contributed by atoms with Crippen molar-refractivity contribution >= 4 is 58.0 Å². The highest BCUT2D eigenvalue weighted by Crippen LogP contribution is 2.68. The van der Waals surface area contributed by atoms with Gasteiger partial charge in [0.05, 0.1) is 0 Å². The summed E-state index contributed by atoms with van der Waals surface area (Å²) < 4.78 is 0. The van der Waals surface area contributed by atoms with Crippen LogP contribution in [0.25, 0.3) is 0 Å². The Morgan fingerprint density at radius 1 is 1.00 bits per heavy atom. The van der Waals surface area contributed by atoms with Gasteiger partial charge in [-0.3, -0.25) is 9.59 Å². The van der Waals surface area contributed by atoms with Gasteiger partial charge in [0.15, 0.2) is 0 Å². The molecule has 0 spiro atoms. The van der Waals surface area contributed by atoms with Crippen LogP contribution in [0.3, 0.4) is 0 Å². The molecule has 0 aromatic carbocycles. The largest absolute Gasteiger partial charge is 0.288 e. The Balaban J connectivity index is 2.02. The smallest absolute Gasteiger partial charge is 0.227 e. The zero-order valence-electron chi connectivity index (χ0n) is 9.45. The van der Waals surface area contributed by atoms with Gasteiger partial charge in [-0.05, 0) is 17.9 Å². The molecule has 4 bridgehead atoms. The molecule has 7 atom stereocenters. The van der Waals surface area contributed by atoms with Crippen LogP contribution in [0.15, 0.2) is 23.3 Å². The van der Waals surface area contributed by atoms with Crippen LogP contribution >= 0.6 is 46.4 Å². The first-order valence-electron chi connectivity index (χ1n) is 6.01. The minimum absolute atomic E-state index is 0.0367. The molecule has 2 fully saturated rings. The van der Waals surface area contributed by atoms with E-state index in [0.29, 0.717) is 0 Å². The Hall–Kier alpha value is -0.0200. The standard InChI is InChI=1S/C13H8Cl4O2/c14-6-3-12(16)7-4-1-2-5(9(4)15)8(7)13(6,17)11(19)10(12)18/h1-5,7-9H/t4-,5+,7-,8+,9?,12+,13-/m1/s1. The third-order valence-corrected chi connectivity index (χ3v) is 7.27. The maximum Gasteiger partial charge on any atom is 0.227 e. The van der Waals surface area contributed by atoms with Crippen LogP contribution in [0.1, 0.15) is 0 Å². The molecular weight excluding hydrogens is 330 g/mol. The van der Waals surface area contributed by atoms with Gasteiger partial charge < -0.3 is 0 Å². The third-order valence-electron chi connectivity index (χ3n) is 5.02. The summed E-state index contributed by atoms with van der Waals surface area (Å²) in [6.07, 6.45) is 5.40. The zero-order valence-corrected chi connectivity index (χ0v) is 12.5. The molecule has 0 aliphatic heterocycles. The molecule has 0 amide bonds. The fourth-order valence-electron chi connectivity index (χ4n) is 4.25. The molecule has 0 heterocycles. The van der Waals surface area contributed by atoms with Crippen molar-refractivity contribution in [1.29, 1.82) is 0 Å². The van der Waals surface area contributed by atoms with Crippen LogP contribution < -0.4 is 0 Å². The predicted octanol–water partition coefficient (Wildman–Crippen LogP) is 2.89. The molecule has 19 heavy (non-hydrogen) atoms. The summed E-state index contributed by atoms with van der Waals surface area (Å²) in [6, 6.07) is 0. The van der Waals surface area contributed by atoms with E-state index in [4.69, 9.17) is 46.4 Å². The summed E-state index contributed by atoms with van der Waals surface area (Å²) in [5, 5.41) is -0.0132. The van der Waals surface area contributed by atoms with Gasteiger partial charge in [0, 0.05) is 22.2 Å². The SMILES string of the molecule is O=C1C(=O)[C@]2(Cl)C=C(Cl)[C@@]1(Cl)[C@@H]1[C@H]2[C@H]2C=C[C@@H]1C2Cl. The maximum absolute atomic E-state index is 12.3. The fraction of sp³-hybridized carbons (Fsp3) is 0.538. The molecule has 5 rings (SSSR count). The number of Topliss-reactive ketones (excluding diaryl/α,β-unsaturated/α-hetero) is 2. The van der Waals surface area contributed by atoms with E-state index in [2.05, 4.69) is 0 Å². The molecule has 0 aromatic rings. The van der Waals surface area contributed by atoms with Crippen LogP contribution in [0.5, 0.6) is 0 Å². The molecule has 5 aliphatic carbocycles. The molecule has 1 unspecified atom stereocenters. The van der Waals surface area contributed by atoms with E-state index in [-0.39, 0.29) is 34.1 Å². The molecule has 0 saturated heterocycles. The van der Waals surface area contributed by atoms with Crippen LogP contribution in [0.4, 0.5) is 0 Å². The highest BCUT2D eigenvalue weighted by Gasteiger charge is 2.75. The molecule has 2 nitrogen and oxygen atoms in total. The van der Waals surface area contributed by atoms with E-state index in [1.807, 2.05) is 12.2 Å². The molecule has 0 aromatic heterocycles. The van der Waals surface area contributed by atoms with Crippen molar-refractivity contribution in [3.63, 3.8) is 0 Å². The second-order valence-electron chi connectivity index (χ2n) is 5.67. The maximum atomic E-state index is 12.3. The van der Waals surface area contributed by atoms with E-state index >= 15 is 0 Å². The number of carbonyl (C=O) groups is 2. The second-order valence-corrected chi connectivity index (χ2v) is 7.80. The number of hydrogen-bond donors (Lipinski definition) is 0. The first-order valence-corrected chi connectivity index (χ1v) is 7.59. The third kappa shape index (κ3) is 1.12. The van der Waals surface area contributed by atoms with Crippen molar-refractivity contribution in [2.45, 2.75) is 15.1 Å². The zero-order chi connectivity index (χ0) is 13.7. The molecule has 2 saturated carbocycles. The van der Waals surface area contributed by atoms with Gasteiger partial charge in [-0.1, -0.05) is 23.8 Å². The van der Waals surface area contributed by atoms with Gasteiger partial charge >= 0.3 is 0 Å². The monoisotopic (exact) mass is 336 g/mol. The summed E-state index contributed by atoms with van der Waals surface area (Å²) in [6.45, 7) is 0. The Morgan fingerprint density at radius 3 is 2.21 bits per heavy atom.